The van der Waals surface area contributed by atoms with Gasteiger partial charge in [0.1, 0.15) is 6.04 Å². The summed E-state index contributed by atoms with van der Waals surface area (Å²) in [6.45, 7) is 6.67. The molecule has 0 saturated heterocycles. The lowest BCUT2D eigenvalue weighted by Gasteiger charge is -2.29. The Morgan fingerprint density at radius 1 is 1.21 bits per heavy atom. The largest absolute Gasteiger partial charge is 0.354 e. The molecule has 1 aromatic carbocycles. The van der Waals surface area contributed by atoms with Crippen LogP contribution in [0.5, 0.6) is 0 Å². The summed E-state index contributed by atoms with van der Waals surface area (Å²) in [4.78, 5) is 26.4. The molecule has 0 unspecified atom stereocenters. The number of nitrogens with zero attached hydrogens (tertiary/aromatic N) is 1. The second-order valence-corrected chi connectivity index (χ2v) is 6.67. The number of carbonyl (C=O) groups is 2. The van der Waals surface area contributed by atoms with E-state index in [-0.39, 0.29) is 18.4 Å². The molecule has 24 heavy (non-hydrogen) atoms. The molecule has 1 N–H and O–H groups in total. The van der Waals surface area contributed by atoms with Gasteiger partial charge in [0.25, 0.3) is 0 Å². The molecular formula is C18H26Cl2N2O2. The molecule has 0 aliphatic heterocycles. The van der Waals surface area contributed by atoms with Gasteiger partial charge in [0.2, 0.25) is 11.8 Å². The van der Waals surface area contributed by atoms with Crippen LogP contribution in [0.1, 0.15) is 52.0 Å². The fourth-order valence-corrected chi connectivity index (χ4v) is 2.78. The van der Waals surface area contributed by atoms with Crippen LogP contribution in [0.3, 0.4) is 0 Å². The molecule has 0 fully saturated rings. The molecule has 0 bridgehead atoms. The molecule has 2 amide bonds. The van der Waals surface area contributed by atoms with Crippen molar-refractivity contribution in [1.29, 1.82) is 0 Å². The summed E-state index contributed by atoms with van der Waals surface area (Å²) in [5, 5.41) is 3.92. The maximum Gasteiger partial charge on any atom is 0.242 e. The van der Waals surface area contributed by atoms with Crippen LogP contribution in [0, 0.1) is 0 Å². The second kappa shape index (κ2) is 10.6. The van der Waals surface area contributed by atoms with E-state index in [1.54, 1.807) is 30.0 Å². The highest BCUT2D eigenvalue weighted by atomic mass is 35.5. The first kappa shape index (κ1) is 20.8. The van der Waals surface area contributed by atoms with E-state index in [0.29, 0.717) is 23.0 Å². The van der Waals surface area contributed by atoms with Crippen molar-refractivity contribution < 1.29 is 9.59 Å². The Balaban J connectivity index is 2.90. The fourth-order valence-electron chi connectivity index (χ4n) is 2.31. The molecule has 4 nitrogen and oxygen atoms in total. The Bertz CT molecular complexity index is 564. The maximum absolute atomic E-state index is 12.5. The van der Waals surface area contributed by atoms with Gasteiger partial charge < -0.3 is 10.2 Å². The van der Waals surface area contributed by atoms with Crippen molar-refractivity contribution >= 4 is 35.0 Å². The first-order valence-corrected chi connectivity index (χ1v) is 9.17. The molecule has 0 heterocycles. The van der Waals surface area contributed by atoms with Crippen LogP contribution in [-0.2, 0) is 16.1 Å². The fraction of sp³-hybridized carbons (Fsp3) is 0.556. The summed E-state index contributed by atoms with van der Waals surface area (Å²) >= 11 is 12.1. The van der Waals surface area contributed by atoms with Crippen molar-refractivity contribution in [3.63, 3.8) is 0 Å². The van der Waals surface area contributed by atoms with Crippen molar-refractivity contribution in [1.82, 2.24) is 10.2 Å². The first-order chi connectivity index (χ1) is 11.4. The van der Waals surface area contributed by atoms with E-state index in [2.05, 4.69) is 12.2 Å². The van der Waals surface area contributed by atoms with Gasteiger partial charge in [0, 0.05) is 29.6 Å². The van der Waals surface area contributed by atoms with Crippen molar-refractivity contribution in [2.45, 2.75) is 59.0 Å². The molecule has 134 valence electrons. The third kappa shape index (κ3) is 6.33. The SMILES string of the molecule is CCCCNC(=O)[C@H](C)N(Cc1ccc(Cl)cc1Cl)C(=O)CCC. The van der Waals surface area contributed by atoms with E-state index < -0.39 is 6.04 Å². The van der Waals surface area contributed by atoms with Crippen LogP contribution in [0.4, 0.5) is 0 Å². The summed E-state index contributed by atoms with van der Waals surface area (Å²) in [6, 6.07) is 4.62. The van der Waals surface area contributed by atoms with Gasteiger partial charge >= 0.3 is 0 Å². The minimum atomic E-state index is -0.548. The lowest BCUT2D eigenvalue weighted by Crippen LogP contribution is -2.47. The Kier molecular flexibility index (Phi) is 9.16. The van der Waals surface area contributed by atoms with Gasteiger partial charge in [-0.1, -0.05) is 49.5 Å². The van der Waals surface area contributed by atoms with Crippen LogP contribution >= 0.6 is 23.2 Å². The van der Waals surface area contributed by atoms with Gasteiger partial charge in [-0.2, -0.15) is 0 Å². The van der Waals surface area contributed by atoms with Crippen LogP contribution in [0.25, 0.3) is 0 Å². The van der Waals surface area contributed by atoms with Crippen molar-refractivity contribution in [2.24, 2.45) is 0 Å². The highest BCUT2D eigenvalue weighted by molar-refractivity contribution is 6.35. The number of halogens is 2. The molecule has 0 saturated carbocycles. The molecule has 6 heteroatoms. The molecule has 0 aliphatic rings. The Hall–Kier alpha value is -1.26. The summed E-state index contributed by atoms with van der Waals surface area (Å²) < 4.78 is 0. The smallest absolute Gasteiger partial charge is 0.242 e. The summed E-state index contributed by atoms with van der Waals surface area (Å²) in [7, 11) is 0. The zero-order valence-corrected chi connectivity index (χ0v) is 16.1. The minimum Gasteiger partial charge on any atom is -0.354 e. The number of unbranched alkanes of at least 4 members (excludes halogenated alkanes) is 1. The predicted octanol–water partition coefficient (Wildman–Crippen LogP) is 4.43. The number of benzene rings is 1. The van der Waals surface area contributed by atoms with Crippen LogP contribution in [0.15, 0.2) is 18.2 Å². The van der Waals surface area contributed by atoms with Crippen LogP contribution < -0.4 is 5.32 Å². The van der Waals surface area contributed by atoms with Gasteiger partial charge in [0.15, 0.2) is 0 Å². The highest BCUT2D eigenvalue weighted by Gasteiger charge is 2.25. The molecule has 1 aromatic rings. The normalized spacial score (nSPS) is 11.9. The molecule has 0 spiro atoms. The van der Waals surface area contributed by atoms with E-state index in [1.807, 2.05) is 6.92 Å². The van der Waals surface area contributed by atoms with Gasteiger partial charge in [-0.05, 0) is 37.5 Å². The molecule has 0 aliphatic carbocycles. The van der Waals surface area contributed by atoms with E-state index in [4.69, 9.17) is 23.2 Å². The summed E-state index contributed by atoms with van der Waals surface area (Å²) in [6.07, 6.45) is 3.06. The van der Waals surface area contributed by atoms with Gasteiger partial charge in [0.05, 0.1) is 0 Å². The second-order valence-electron chi connectivity index (χ2n) is 5.83. The maximum atomic E-state index is 12.5. The topological polar surface area (TPSA) is 49.4 Å². The average molecular weight is 373 g/mol. The molecule has 0 radical (unpaired) electrons. The van der Waals surface area contributed by atoms with E-state index in [1.165, 1.54) is 0 Å². The Morgan fingerprint density at radius 3 is 2.50 bits per heavy atom. The third-order valence-electron chi connectivity index (χ3n) is 3.82. The monoisotopic (exact) mass is 372 g/mol. The highest BCUT2D eigenvalue weighted by Crippen LogP contribution is 2.23. The lowest BCUT2D eigenvalue weighted by atomic mass is 10.1. The number of hydrogen-bond donors (Lipinski definition) is 1. The van der Waals surface area contributed by atoms with E-state index in [9.17, 15) is 9.59 Å². The Labute approximate surface area is 154 Å². The summed E-state index contributed by atoms with van der Waals surface area (Å²) in [5.41, 5.74) is 0.777. The Morgan fingerprint density at radius 2 is 1.92 bits per heavy atom. The average Bonchev–Trinajstić information content (AvgIpc) is 2.53. The molecular weight excluding hydrogens is 347 g/mol. The predicted molar refractivity (Wildman–Crippen MR) is 99.3 cm³/mol. The number of carbonyl (C=O) groups excluding carboxylic acids is 2. The minimum absolute atomic E-state index is 0.0540. The van der Waals surface area contributed by atoms with Crippen molar-refractivity contribution in [2.75, 3.05) is 6.54 Å². The lowest BCUT2D eigenvalue weighted by molar-refractivity contribution is -0.140. The molecule has 1 atom stereocenters. The zero-order chi connectivity index (χ0) is 18.1. The standard InChI is InChI=1S/C18H26Cl2N2O2/c1-4-6-10-21-18(24)13(3)22(17(23)7-5-2)12-14-8-9-15(19)11-16(14)20/h8-9,11,13H,4-7,10,12H2,1-3H3,(H,21,24)/t13-/m0/s1. The van der Waals surface area contributed by atoms with Crippen molar-refractivity contribution in [3.05, 3.63) is 33.8 Å². The van der Waals surface area contributed by atoms with Crippen LogP contribution in [0.2, 0.25) is 10.0 Å². The van der Waals surface area contributed by atoms with E-state index >= 15 is 0 Å². The number of nitrogens with one attached hydrogen (secondary N) is 1. The third-order valence-corrected chi connectivity index (χ3v) is 4.40. The first-order valence-electron chi connectivity index (χ1n) is 8.41. The summed E-state index contributed by atoms with van der Waals surface area (Å²) in [5.74, 6) is -0.195. The molecule has 1 rings (SSSR count). The quantitative estimate of drug-likeness (QED) is 0.651. The number of rotatable bonds is 9. The van der Waals surface area contributed by atoms with Gasteiger partial charge in [-0.3, -0.25) is 9.59 Å². The zero-order valence-electron chi connectivity index (χ0n) is 14.6. The van der Waals surface area contributed by atoms with Crippen molar-refractivity contribution in [3.8, 4) is 0 Å². The van der Waals surface area contributed by atoms with E-state index in [0.717, 1.165) is 24.8 Å². The molecule has 0 aromatic heterocycles. The van der Waals surface area contributed by atoms with Gasteiger partial charge in [-0.25, -0.2) is 0 Å². The van der Waals surface area contributed by atoms with Gasteiger partial charge in [-0.15, -0.1) is 0 Å². The number of hydrogen-bond acceptors (Lipinski definition) is 2. The van der Waals surface area contributed by atoms with Crippen LogP contribution in [-0.4, -0.2) is 29.3 Å². The number of amides is 2.